The molecule has 7 aromatic rings. The summed E-state index contributed by atoms with van der Waals surface area (Å²) in [7, 11) is 0. The van der Waals surface area contributed by atoms with Crippen molar-refractivity contribution in [2.75, 3.05) is 0 Å². The van der Waals surface area contributed by atoms with Crippen LogP contribution in [0.3, 0.4) is 0 Å². The largest absolute Gasteiger partial charge is 0.228 e. The summed E-state index contributed by atoms with van der Waals surface area (Å²) >= 11 is 3.69. The van der Waals surface area contributed by atoms with Crippen molar-refractivity contribution in [1.29, 1.82) is 0 Å². The highest BCUT2D eigenvalue weighted by Gasteiger charge is 2.33. The molecule has 39 heavy (non-hydrogen) atoms. The molecule has 0 spiro atoms. The number of para-hydroxylation sites is 1. The van der Waals surface area contributed by atoms with Crippen molar-refractivity contribution in [2.45, 2.75) is 29.1 Å². The van der Waals surface area contributed by atoms with E-state index in [2.05, 4.69) is 123 Å². The minimum absolute atomic E-state index is 0.0981. The predicted octanol–water partition coefficient (Wildman–Crippen LogP) is 10.1. The minimum Gasteiger partial charge on any atom is -0.228 e. The van der Waals surface area contributed by atoms with Crippen LogP contribution in [0.25, 0.3) is 53.7 Å². The average molecular weight is 537 g/mol. The summed E-state index contributed by atoms with van der Waals surface area (Å²) in [5.41, 5.74) is 6.72. The molecule has 0 bridgehead atoms. The van der Waals surface area contributed by atoms with E-state index in [4.69, 9.17) is 9.97 Å². The van der Waals surface area contributed by atoms with Crippen molar-refractivity contribution in [3.63, 3.8) is 0 Å². The lowest BCUT2D eigenvalue weighted by molar-refractivity contribution is 0.607. The van der Waals surface area contributed by atoms with Crippen molar-refractivity contribution in [3.8, 4) is 22.6 Å². The van der Waals surface area contributed by atoms with Gasteiger partial charge in [0, 0.05) is 51.9 Å². The molecule has 0 fully saturated rings. The lowest BCUT2D eigenvalue weighted by atomic mass is 9.77. The van der Waals surface area contributed by atoms with Gasteiger partial charge in [0.2, 0.25) is 0 Å². The molecule has 2 aromatic heterocycles. The quantitative estimate of drug-likeness (QED) is 0.220. The van der Waals surface area contributed by atoms with Crippen molar-refractivity contribution in [1.82, 2.24) is 9.97 Å². The van der Waals surface area contributed by atoms with E-state index in [1.165, 1.54) is 41.1 Å². The van der Waals surface area contributed by atoms with E-state index in [-0.39, 0.29) is 5.41 Å². The Morgan fingerprint density at radius 2 is 1.28 bits per heavy atom. The van der Waals surface area contributed by atoms with Crippen LogP contribution in [0.5, 0.6) is 0 Å². The molecular formula is C35H24N2S2. The number of aromatic nitrogens is 2. The molecule has 1 aliphatic heterocycles. The highest BCUT2D eigenvalue weighted by molar-refractivity contribution is 7.99. The zero-order valence-corrected chi connectivity index (χ0v) is 23.2. The number of hydrogen-bond donors (Lipinski definition) is 0. The van der Waals surface area contributed by atoms with Gasteiger partial charge in [-0.05, 0) is 47.5 Å². The average Bonchev–Trinajstić information content (AvgIpc) is 3.34. The number of hydrogen-bond acceptors (Lipinski definition) is 4. The van der Waals surface area contributed by atoms with Crippen molar-refractivity contribution >= 4 is 54.2 Å². The summed E-state index contributed by atoms with van der Waals surface area (Å²) < 4.78 is 2.60. The summed E-state index contributed by atoms with van der Waals surface area (Å²) in [5, 5.41) is 3.69. The molecule has 0 radical (unpaired) electrons. The van der Waals surface area contributed by atoms with E-state index in [0.29, 0.717) is 0 Å². The summed E-state index contributed by atoms with van der Waals surface area (Å²) in [5.74, 6) is 0.766. The second-order valence-corrected chi connectivity index (χ2v) is 12.8. The first-order valence-electron chi connectivity index (χ1n) is 13.2. The monoisotopic (exact) mass is 536 g/mol. The minimum atomic E-state index is -0.0981. The van der Waals surface area contributed by atoms with Crippen LogP contribution in [0.15, 0.2) is 119 Å². The second kappa shape index (κ2) is 8.51. The van der Waals surface area contributed by atoms with Crippen LogP contribution in [0.2, 0.25) is 0 Å². The van der Waals surface area contributed by atoms with Crippen molar-refractivity contribution in [2.24, 2.45) is 0 Å². The smallest absolute Gasteiger partial charge is 0.160 e. The lowest BCUT2D eigenvalue weighted by Crippen LogP contribution is -2.23. The SMILES string of the molecule is CC1(C)c2ccccc2Sc2ccc(-c3nc(-c4ccc5c(c4)sc4ccccc45)c4ccccc4n3)cc21. The normalized spacial score (nSPS) is 14.0. The van der Waals surface area contributed by atoms with Crippen LogP contribution in [0.4, 0.5) is 0 Å². The molecule has 5 aromatic carbocycles. The Morgan fingerprint density at radius 3 is 2.21 bits per heavy atom. The fourth-order valence-corrected chi connectivity index (χ4v) is 8.40. The third-order valence-corrected chi connectivity index (χ3v) is 10.2. The van der Waals surface area contributed by atoms with E-state index in [1.807, 2.05) is 23.1 Å². The van der Waals surface area contributed by atoms with Gasteiger partial charge in [-0.2, -0.15) is 0 Å². The molecule has 3 heterocycles. The topological polar surface area (TPSA) is 25.8 Å². The molecule has 4 heteroatoms. The Morgan fingerprint density at radius 1 is 0.564 bits per heavy atom. The molecule has 0 amide bonds. The van der Waals surface area contributed by atoms with Crippen LogP contribution in [0, 0.1) is 0 Å². The maximum Gasteiger partial charge on any atom is 0.160 e. The Balaban J connectivity index is 1.31. The molecule has 2 nitrogen and oxygen atoms in total. The first-order valence-corrected chi connectivity index (χ1v) is 14.8. The van der Waals surface area contributed by atoms with E-state index < -0.39 is 0 Å². The summed E-state index contributed by atoms with van der Waals surface area (Å²) in [4.78, 5) is 12.9. The molecule has 8 rings (SSSR count). The van der Waals surface area contributed by atoms with Gasteiger partial charge in [-0.15, -0.1) is 11.3 Å². The van der Waals surface area contributed by atoms with E-state index in [0.717, 1.165) is 33.5 Å². The predicted molar refractivity (Wildman–Crippen MR) is 166 cm³/mol. The maximum absolute atomic E-state index is 5.23. The molecule has 0 atom stereocenters. The number of nitrogens with zero attached hydrogens (tertiary/aromatic N) is 2. The maximum atomic E-state index is 5.23. The van der Waals surface area contributed by atoms with Gasteiger partial charge in [-0.1, -0.05) is 98.4 Å². The zero-order chi connectivity index (χ0) is 26.1. The molecule has 0 saturated heterocycles. The first-order chi connectivity index (χ1) is 19.1. The molecule has 186 valence electrons. The molecule has 0 unspecified atom stereocenters. The number of fused-ring (bicyclic) bond motifs is 6. The van der Waals surface area contributed by atoms with Gasteiger partial charge in [0.05, 0.1) is 11.2 Å². The van der Waals surface area contributed by atoms with Crippen LogP contribution >= 0.6 is 23.1 Å². The van der Waals surface area contributed by atoms with Gasteiger partial charge in [0.15, 0.2) is 5.82 Å². The van der Waals surface area contributed by atoms with Gasteiger partial charge < -0.3 is 0 Å². The number of benzene rings is 5. The summed E-state index contributed by atoms with van der Waals surface area (Å²) in [6.07, 6.45) is 0. The zero-order valence-electron chi connectivity index (χ0n) is 21.6. The third kappa shape index (κ3) is 3.55. The number of thiophene rings is 1. The molecule has 0 N–H and O–H groups in total. The van der Waals surface area contributed by atoms with Crippen LogP contribution in [-0.2, 0) is 5.41 Å². The van der Waals surface area contributed by atoms with Crippen LogP contribution in [-0.4, -0.2) is 9.97 Å². The Bertz CT molecular complexity index is 2090. The van der Waals surface area contributed by atoms with E-state index >= 15 is 0 Å². The fourth-order valence-electron chi connectivity index (χ4n) is 5.88. The standard InChI is InChI=1S/C35H24N2S2/c1-35(2)26-11-5-8-14-30(26)39-31-18-16-22(19-27(31)35)34-36-28-12-6-3-10-25(28)33(37-34)21-15-17-24-23-9-4-7-13-29(23)38-32(24)20-21/h3-20H,1-2H3. The number of rotatable bonds is 2. The van der Waals surface area contributed by atoms with Gasteiger partial charge >= 0.3 is 0 Å². The Labute approximate surface area is 235 Å². The highest BCUT2D eigenvalue weighted by atomic mass is 32.2. The molecule has 0 saturated carbocycles. The van der Waals surface area contributed by atoms with E-state index in [1.54, 1.807) is 0 Å². The van der Waals surface area contributed by atoms with Gasteiger partial charge in [-0.25, -0.2) is 9.97 Å². The van der Waals surface area contributed by atoms with Crippen LogP contribution < -0.4 is 0 Å². The Kier molecular flexibility index (Phi) is 5.00. The fraction of sp³-hybridized carbons (Fsp3) is 0.0857. The molecule has 1 aliphatic rings. The second-order valence-electron chi connectivity index (χ2n) is 10.7. The van der Waals surface area contributed by atoms with Gasteiger partial charge in [-0.3, -0.25) is 0 Å². The summed E-state index contributed by atoms with van der Waals surface area (Å²) in [6, 6.07) is 39.2. The molecular weight excluding hydrogens is 513 g/mol. The Hall–Kier alpha value is -3.99. The van der Waals surface area contributed by atoms with E-state index in [9.17, 15) is 0 Å². The van der Waals surface area contributed by atoms with Crippen molar-refractivity contribution < 1.29 is 0 Å². The first kappa shape index (κ1) is 22.9. The lowest BCUT2D eigenvalue weighted by Gasteiger charge is -2.34. The third-order valence-electron chi connectivity index (χ3n) is 7.95. The highest BCUT2D eigenvalue weighted by Crippen LogP contribution is 2.49. The van der Waals surface area contributed by atoms with Gasteiger partial charge in [0.25, 0.3) is 0 Å². The van der Waals surface area contributed by atoms with Crippen molar-refractivity contribution in [3.05, 3.63) is 120 Å². The van der Waals surface area contributed by atoms with Crippen LogP contribution in [0.1, 0.15) is 25.0 Å². The summed E-state index contributed by atoms with van der Waals surface area (Å²) in [6.45, 7) is 4.64. The van der Waals surface area contributed by atoms with Gasteiger partial charge in [0.1, 0.15) is 0 Å². The molecule has 0 aliphatic carbocycles.